The van der Waals surface area contributed by atoms with E-state index in [4.69, 9.17) is 20.6 Å². The van der Waals surface area contributed by atoms with Crippen LogP contribution >= 0.6 is 19.2 Å². The van der Waals surface area contributed by atoms with Crippen molar-refractivity contribution in [3.63, 3.8) is 0 Å². The minimum absolute atomic E-state index is 0.362. The highest BCUT2D eigenvalue weighted by Crippen LogP contribution is 2.44. The van der Waals surface area contributed by atoms with Crippen molar-refractivity contribution < 1.29 is 13.6 Å². The third kappa shape index (κ3) is 3.70. The van der Waals surface area contributed by atoms with Crippen LogP contribution in [0, 0.1) is 0 Å². The molecule has 0 amide bonds. The van der Waals surface area contributed by atoms with Crippen molar-refractivity contribution in [2.45, 2.75) is 6.92 Å². The van der Waals surface area contributed by atoms with E-state index in [0.29, 0.717) is 17.4 Å². The van der Waals surface area contributed by atoms with Crippen LogP contribution in [0.5, 0.6) is 5.75 Å². The van der Waals surface area contributed by atoms with Crippen LogP contribution in [0.2, 0.25) is 5.02 Å². The molecule has 0 saturated heterocycles. The second kappa shape index (κ2) is 4.83. The summed E-state index contributed by atoms with van der Waals surface area (Å²) in [5.41, 5.74) is 0. The van der Waals surface area contributed by atoms with Gasteiger partial charge in [0.15, 0.2) is 0 Å². The van der Waals surface area contributed by atoms with E-state index < -0.39 is 7.60 Å². The van der Waals surface area contributed by atoms with Crippen molar-refractivity contribution in [2.24, 2.45) is 0 Å². The van der Waals surface area contributed by atoms with Gasteiger partial charge in [-0.25, -0.2) is 4.57 Å². The van der Waals surface area contributed by atoms with Crippen LogP contribution in [0.1, 0.15) is 6.92 Å². The molecule has 0 radical (unpaired) electrons. The minimum atomic E-state index is -2.97. The lowest BCUT2D eigenvalue weighted by atomic mass is 10.3. The predicted octanol–water partition coefficient (Wildman–Crippen LogP) is 3.58. The molecular weight excluding hydrogens is 223 g/mol. The average Bonchev–Trinajstić information content (AvgIpc) is 2.08. The first-order valence-electron chi connectivity index (χ1n) is 4.21. The molecule has 0 aliphatic rings. The normalized spacial score (nSPS) is 14.8. The Morgan fingerprint density at radius 1 is 1.36 bits per heavy atom. The number of hydrogen-bond donors (Lipinski definition) is 0. The van der Waals surface area contributed by atoms with Crippen LogP contribution < -0.4 is 4.52 Å². The molecule has 0 aliphatic carbocycles. The zero-order chi connectivity index (χ0) is 10.6. The van der Waals surface area contributed by atoms with E-state index in [-0.39, 0.29) is 0 Å². The Labute approximate surface area is 88.5 Å². The molecule has 14 heavy (non-hydrogen) atoms. The second-order valence-corrected chi connectivity index (χ2v) is 5.15. The molecule has 78 valence electrons. The van der Waals surface area contributed by atoms with Gasteiger partial charge in [0.1, 0.15) is 5.75 Å². The molecule has 0 heterocycles. The van der Waals surface area contributed by atoms with Gasteiger partial charge in [0, 0.05) is 11.7 Å². The summed E-state index contributed by atoms with van der Waals surface area (Å²) in [5.74, 6) is 0.494. The first kappa shape index (κ1) is 11.6. The van der Waals surface area contributed by atoms with Gasteiger partial charge in [0.25, 0.3) is 0 Å². The van der Waals surface area contributed by atoms with Crippen molar-refractivity contribution in [2.75, 3.05) is 13.3 Å². The summed E-state index contributed by atoms with van der Waals surface area (Å²) in [6.45, 7) is 3.56. The Kier molecular flexibility index (Phi) is 3.99. The lowest BCUT2D eigenvalue weighted by molar-refractivity contribution is 0.284. The third-order valence-corrected chi connectivity index (χ3v) is 2.97. The van der Waals surface area contributed by atoms with E-state index in [1.165, 1.54) is 6.66 Å². The van der Waals surface area contributed by atoms with E-state index in [9.17, 15) is 4.57 Å². The van der Waals surface area contributed by atoms with Gasteiger partial charge in [0.2, 0.25) is 0 Å². The Morgan fingerprint density at radius 2 is 1.93 bits per heavy atom. The fraction of sp³-hybridized carbons (Fsp3) is 0.333. The minimum Gasteiger partial charge on any atom is -0.425 e. The lowest BCUT2D eigenvalue weighted by Gasteiger charge is -2.13. The smallest absolute Gasteiger partial charge is 0.376 e. The molecule has 1 atom stereocenters. The summed E-state index contributed by atoms with van der Waals surface area (Å²) in [7, 11) is -2.97. The molecule has 1 aromatic rings. The van der Waals surface area contributed by atoms with Crippen molar-refractivity contribution in [1.82, 2.24) is 0 Å². The topological polar surface area (TPSA) is 35.5 Å². The van der Waals surface area contributed by atoms with Crippen LogP contribution in [-0.2, 0) is 9.09 Å². The molecule has 1 unspecified atom stereocenters. The summed E-state index contributed by atoms with van der Waals surface area (Å²) < 4.78 is 21.7. The van der Waals surface area contributed by atoms with Crippen LogP contribution in [0.15, 0.2) is 24.3 Å². The SMILES string of the molecule is CCOP(C)(=O)Oc1ccc(Cl)cc1. The summed E-state index contributed by atoms with van der Waals surface area (Å²) in [6, 6.07) is 6.64. The third-order valence-electron chi connectivity index (χ3n) is 1.45. The molecule has 0 bridgehead atoms. The van der Waals surface area contributed by atoms with Gasteiger partial charge in [-0.1, -0.05) is 11.6 Å². The summed E-state index contributed by atoms with van der Waals surface area (Å²) in [4.78, 5) is 0. The highest BCUT2D eigenvalue weighted by atomic mass is 35.5. The molecule has 0 aliphatic heterocycles. The van der Waals surface area contributed by atoms with E-state index in [2.05, 4.69) is 0 Å². The van der Waals surface area contributed by atoms with Gasteiger partial charge in [-0.15, -0.1) is 0 Å². The van der Waals surface area contributed by atoms with Gasteiger partial charge >= 0.3 is 7.60 Å². The molecule has 1 rings (SSSR count). The Hall–Kier alpha value is -0.500. The number of rotatable bonds is 4. The van der Waals surface area contributed by atoms with E-state index in [0.717, 1.165) is 0 Å². The fourth-order valence-electron chi connectivity index (χ4n) is 0.948. The van der Waals surface area contributed by atoms with Gasteiger partial charge in [0.05, 0.1) is 6.61 Å². The molecule has 0 aromatic heterocycles. The lowest BCUT2D eigenvalue weighted by Crippen LogP contribution is -1.95. The Bertz CT molecular complexity index is 336. The maximum Gasteiger partial charge on any atom is 0.376 e. The van der Waals surface area contributed by atoms with Crippen LogP contribution in [0.25, 0.3) is 0 Å². The summed E-state index contributed by atoms with van der Waals surface area (Å²) in [5, 5.41) is 0.611. The highest BCUT2D eigenvalue weighted by Gasteiger charge is 2.16. The molecule has 1 aromatic carbocycles. The van der Waals surface area contributed by atoms with Gasteiger partial charge in [-0.2, -0.15) is 0 Å². The molecule has 0 N–H and O–H groups in total. The van der Waals surface area contributed by atoms with Crippen molar-refractivity contribution in [1.29, 1.82) is 0 Å². The molecule has 0 saturated carbocycles. The van der Waals surface area contributed by atoms with Crippen LogP contribution in [-0.4, -0.2) is 13.3 Å². The Balaban J connectivity index is 2.69. The first-order chi connectivity index (χ1) is 6.53. The zero-order valence-electron chi connectivity index (χ0n) is 8.07. The first-order valence-corrected chi connectivity index (χ1v) is 6.57. The van der Waals surface area contributed by atoms with Crippen molar-refractivity contribution in [3.8, 4) is 5.75 Å². The number of halogens is 1. The van der Waals surface area contributed by atoms with Gasteiger partial charge in [-0.05, 0) is 31.2 Å². The average molecular weight is 235 g/mol. The van der Waals surface area contributed by atoms with E-state index in [1.807, 2.05) is 0 Å². The quantitative estimate of drug-likeness (QED) is 0.747. The van der Waals surface area contributed by atoms with Crippen molar-refractivity contribution >= 4 is 19.2 Å². The molecule has 3 nitrogen and oxygen atoms in total. The van der Waals surface area contributed by atoms with Gasteiger partial charge < -0.3 is 9.05 Å². The second-order valence-electron chi connectivity index (χ2n) is 2.73. The highest BCUT2D eigenvalue weighted by molar-refractivity contribution is 7.53. The maximum absolute atomic E-state index is 11.6. The van der Waals surface area contributed by atoms with E-state index in [1.54, 1.807) is 31.2 Å². The zero-order valence-corrected chi connectivity index (χ0v) is 9.72. The summed E-state index contributed by atoms with van der Waals surface area (Å²) in [6.07, 6.45) is 0. The summed E-state index contributed by atoms with van der Waals surface area (Å²) >= 11 is 5.69. The van der Waals surface area contributed by atoms with Gasteiger partial charge in [-0.3, -0.25) is 0 Å². The maximum atomic E-state index is 11.6. The molecular formula is C9H12ClO3P. The largest absolute Gasteiger partial charge is 0.425 e. The molecule has 0 fully saturated rings. The van der Waals surface area contributed by atoms with Crippen molar-refractivity contribution in [3.05, 3.63) is 29.3 Å². The fourth-order valence-corrected chi connectivity index (χ4v) is 2.10. The van der Waals surface area contributed by atoms with Crippen LogP contribution in [0.4, 0.5) is 0 Å². The number of benzene rings is 1. The van der Waals surface area contributed by atoms with Crippen LogP contribution in [0.3, 0.4) is 0 Å². The standard InChI is InChI=1S/C9H12ClO3P/c1-3-12-14(2,11)13-9-6-4-8(10)5-7-9/h4-7H,3H2,1-2H3. The predicted molar refractivity (Wildman–Crippen MR) is 57.2 cm³/mol. The monoisotopic (exact) mass is 234 g/mol. The number of hydrogen-bond acceptors (Lipinski definition) is 3. The Morgan fingerprint density at radius 3 is 2.43 bits per heavy atom. The molecule has 0 spiro atoms. The molecule has 5 heteroatoms. The van der Waals surface area contributed by atoms with E-state index >= 15 is 0 Å².